The van der Waals surface area contributed by atoms with Gasteiger partial charge in [0.1, 0.15) is 5.56 Å². The van der Waals surface area contributed by atoms with Gasteiger partial charge >= 0.3 is 0 Å². The molecule has 154 valence electrons. The maximum atomic E-state index is 12.8. The number of aromatic nitrogens is 1. The van der Waals surface area contributed by atoms with Crippen molar-refractivity contribution in [3.8, 4) is 0 Å². The molecule has 1 amide bonds. The van der Waals surface area contributed by atoms with Gasteiger partial charge in [-0.25, -0.2) is 0 Å². The quantitative estimate of drug-likeness (QED) is 0.607. The molecular weight excluding hydrogens is 370 g/mol. The van der Waals surface area contributed by atoms with Crippen molar-refractivity contribution >= 4 is 23.0 Å². The third-order valence-corrected chi connectivity index (χ3v) is 5.65. The van der Waals surface area contributed by atoms with Crippen LogP contribution in [0.25, 0.3) is 0 Å². The maximum Gasteiger partial charge on any atom is 0.263 e. The smallest absolute Gasteiger partial charge is 0.263 e. The Balaban J connectivity index is 1.45. The summed E-state index contributed by atoms with van der Waals surface area (Å²) in [5.41, 5.74) is 1.86. The summed E-state index contributed by atoms with van der Waals surface area (Å²) in [4.78, 5) is 32.3. The minimum atomic E-state index is -0.457. The normalized spacial score (nSPS) is 22.1. The van der Waals surface area contributed by atoms with Crippen molar-refractivity contribution in [1.82, 2.24) is 9.88 Å². The third kappa shape index (κ3) is 4.44. The first-order chi connectivity index (χ1) is 14.0. The molecule has 4 rings (SSSR count). The zero-order valence-electron chi connectivity index (χ0n) is 16.5. The molecule has 29 heavy (non-hydrogen) atoms. The number of aliphatic hydroxyl groups excluding tert-OH is 1. The van der Waals surface area contributed by atoms with Gasteiger partial charge in [-0.1, -0.05) is 0 Å². The zero-order chi connectivity index (χ0) is 20.4. The van der Waals surface area contributed by atoms with Gasteiger partial charge < -0.3 is 30.5 Å². The summed E-state index contributed by atoms with van der Waals surface area (Å²) in [6.07, 6.45) is 2.43. The van der Waals surface area contributed by atoms with Gasteiger partial charge in [-0.05, 0) is 50.2 Å². The number of pyridine rings is 1. The average molecular weight is 397 g/mol. The molecule has 2 aliphatic rings. The Labute approximate surface area is 169 Å². The lowest BCUT2D eigenvalue weighted by atomic mass is 9.89. The van der Waals surface area contributed by atoms with Crippen LogP contribution in [0.4, 0.5) is 17.1 Å². The largest absolute Gasteiger partial charge is 0.393 e. The van der Waals surface area contributed by atoms with Crippen molar-refractivity contribution < 1.29 is 9.90 Å². The first-order valence-electron chi connectivity index (χ1n) is 10.0. The lowest BCUT2D eigenvalue weighted by molar-refractivity contribution is 0.0836. The number of likely N-dealkylation sites (N-methyl/N-ethyl adjacent to an activating group) is 1. The Morgan fingerprint density at radius 1 is 1.10 bits per heavy atom. The molecular formula is C21H27N5O3. The molecule has 2 fully saturated rings. The number of amides is 1. The van der Waals surface area contributed by atoms with Crippen LogP contribution >= 0.6 is 0 Å². The van der Waals surface area contributed by atoms with Gasteiger partial charge in [0.05, 0.1) is 11.8 Å². The van der Waals surface area contributed by atoms with Crippen molar-refractivity contribution in [2.75, 3.05) is 48.8 Å². The summed E-state index contributed by atoms with van der Waals surface area (Å²) in [7, 11) is 2.12. The van der Waals surface area contributed by atoms with E-state index in [2.05, 4.69) is 32.5 Å². The summed E-state index contributed by atoms with van der Waals surface area (Å²) in [6.45, 7) is 4.02. The van der Waals surface area contributed by atoms with Crippen molar-refractivity contribution in [3.63, 3.8) is 0 Å². The predicted molar refractivity (Wildman–Crippen MR) is 114 cm³/mol. The number of hydrogen-bond acceptors (Lipinski definition) is 6. The molecule has 2 heterocycles. The van der Waals surface area contributed by atoms with E-state index in [1.54, 1.807) is 6.07 Å². The average Bonchev–Trinajstić information content (AvgIpc) is 2.68. The van der Waals surface area contributed by atoms with Crippen LogP contribution in [0.1, 0.15) is 23.2 Å². The van der Waals surface area contributed by atoms with Gasteiger partial charge in [-0.15, -0.1) is 0 Å². The Bertz CT molecular complexity index is 913. The molecule has 1 saturated carbocycles. The van der Waals surface area contributed by atoms with E-state index in [0.29, 0.717) is 24.2 Å². The second-order valence-electron chi connectivity index (χ2n) is 7.85. The zero-order valence-corrected chi connectivity index (χ0v) is 16.5. The molecule has 8 nitrogen and oxygen atoms in total. The minimum absolute atomic E-state index is 0.0528. The lowest BCUT2D eigenvalue weighted by Crippen LogP contribution is -2.44. The molecule has 8 heteroatoms. The number of aliphatic hydroxyl groups is 1. The minimum Gasteiger partial charge on any atom is -0.393 e. The number of nitrogens with zero attached hydrogens (tertiary/aromatic N) is 2. The van der Waals surface area contributed by atoms with E-state index < -0.39 is 11.5 Å². The Kier molecular flexibility index (Phi) is 5.55. The van der Waals surface area contributed by atoms with Crippen molar-refractivity contribution in [2.24, 2.45) is 0 Å². The molecule has 1 aromatic heterocycles. The number of aromatic amines is 1. The summed E-state index contributed by atoms with van der Waals surface area (Å²) in [6, 6.07) is 9.45. The highest BCUT2D eigenvalue weighted by Gasteiger charge is 2.28. The molecule has 1 aromatic carbocycles. The van der Waals surface area contributed by atoms with E-state index in [0.717, 1.165) is 31.9 Å². The molecule has 0 unspecified atom stereocenters. The molecule has 1 saturated heterocycles. The van der Waals surface area contributed by atoms with E-state index >= 15 is 0 Å². The number of nitrogens with one attached hydrogen (secondary N) is 3. The van der Waals surface area contributed by atoms with Gasteiger partial charge in [0, 0.05) is 49.8 Å². The number of piperazine rings is 1. The number of carbonyl (C=O) groups excluding carboxylic acids is 1. The Hall–Kier alpha value is -2.84. The van der Waals surface area contributed by atoms with Crippen LogP contribution in [0.2, 0.25) is 0 Å². The molecule has 0 bridgehead atoms. The first-order valence-corrected chi connectivity index (χ1v) is 10.0. The van der Waals surface area contributed by atoms with Gasteiger partial charge in [-0.2, -0.15) is 0 Å². The molecule has 0 spiro atoms. The fourth-order valence-corrected chi connectivity index (χ4v) is 3.76. The van der Waals surface area contributed by atoms with Crippen LogP contribution in [0.5, 0.6) is 0 Å². The van der Waals surface area contributed by atoms with Crippen LogP contribution in [0.3, 0.4) is 0 Å². The topological polar surface area (TPSA) is 101 Å². The Morgan fingerprint density at radius 3 is 2.45 bits per heavy atom. The number of anilines is 3. The van der Waals surface area contributed by atoms with Crippen molar-refractivity contribution in [3.05, 3.63) is 52.4 Å². The van der Waals surface area contributed by atoms with Crippen LogP contribution in [0, 0.1) is 0 Å². The van der Waals surface area contributed by atoms with Crippen molar-refractivity contribution in [2.45, 2.75) is 25.0 Å². The van der Waals surface area contributed by atoms with Crippen LogP contribution in [-0.4, -0.2) is 66.3 Å². The molecule has 0 radical (unpaired) electrons. The second kappa shape index (κ2) is 8.26. The number of hydrogen-bond donors (Lipinski definition) is 4. The first kappa shape index (κ1) is 19.5. The highest BCUT2D eigenvalue weighted by molar-refractivity contribution is 6.07. The summed E-state index contributed by atoms with van der Waals surface area (Å²) < 4.78 is 0. The number of H-pyrrole nitrogens is 1. The standard InChI is InChI=1S/C21H27N5O3/c1-25-8-10-26(11-9-25)16-4-2-14(3-5-16)24-21(29)19-18(6-7-22-20(19)28)23-15-12-17(27)13-15/h2-7,15,17,27H,8-13H2,1H3,(H,24,29)(H2,22,23,28). The molecule has 2 aromatic rings. The fourth-order valence-electron chi connectivity index (χ4n) is 3.76. The summed E-state index contributed by atoms with van der Waals surface area (Å²) in [5.74, 6) is -0.457. The van der Waals surface area contributed by atoms with Crippen LogP contribution in [0.15, 0.2) is 41.3 Å². The third-order valence-electron chi connectivity index (χ3n) is 5.65. The van der Waals surface area contributed by atoms with Gasteiger partial charge in [-0.3, -0.25) is 9.59 Å². The SMILES string of the molecule is CN1CCN(c2ccc(NC(=O)c3c(NC4CC(O)C4)cc[nH]c3=O)cc2)CC1. The lowest BCUT2D eigenvalue weighted by Gasteiger charge is -2.34. The Morgan fingerprint density at radius 2 is 1.79 bits per heavy atom. The summed E-state index contributed by atoms with van der Waals surface area (Å²) >= 11 is 0. The highest BCUT2D eigenvalue weighted by Crippen LogP contribution is 2.25. The predicted octanol–water partition coefficient (Wildman–Crippen LogP) is 1.31. The van der Waals surface area contributed by atoms with E-state index in [4.69, 9.17) is 0 Å². The van der Waals surface area contributed by atoms with E-state index in [1.807, 2.05) is 24.3 Å². The van der Waals surface area contributed by atoms with Gasteiger partial charge in [0.2, 0.25) is 0 Å². The van der Waals surface area contributed by atoms with E-state index in [9.17, 15) is 14.7 Å². The van der Waals surface area contributed by atoms with Gasteiger partial charge in [0.15, 0.2) is 0 Å². The highest BCUT2D eigenvalue weighted by atomic mass is 16.3. The fraction of sp³-hybridized carbons (Fsp3) is 0.429. The van der Waals surface area contributed by atoms with Gasteiger partial charge in [0.25, 0.3) is 11.5 Å². The number of carbonyl (C=O) groups is 1. The van der Waals surface area contributed by atoms with Crippen LogP contribution in [-0.2, 0) is 0 Å². The number of benzene rings is 1. The molecule has 4 N–H and O–H groups in total. The number of rotatable bonds is 5. The second-order valence-corrected chi connectivity index (χ2v) is 7.85. The molecule has 1 aliphatic carbocycles. The van der Waals surface area contributed by atoms with Crippen molar-refractivity contribution in [1.29, 1.82) is 0 Å². The molecule has 1 aliphatic heterocycles. The monoisotopic (exact) mass is 397 g/mol. The van der Waals surface area contributed by atoms with E-state index in [-0.39, 0.29) is 17.7 Å². The summed E-state index contributed by atoms with van der Waals surface area (Å²) in [5, 5.41) is 15.5. The molecule has 0 atom stereocenters. The van der Waals surface area contributed by atoms with E-state index in [1.165, 1.54) is 6.20 Å². The maximum absolute atomic E-state index is 12.8. The van der Waals surface area contributed by atoms with Crippen LogP contribution < -0.4 is 21.1 Å².